The molecule has 0 heterocycles. The van der Waals surface area contributed by atoms with Gasteiger partial charge in [-0.1, -0.05) is 48.5 Å². The summed E-state index contributed by atoms with van der Waals surface area (Å²) in [7, 11) is 0. The fraction of sp³-hybridized carbons (Fsp3) is 0. The molecule has 2 radical (unpaired) electrons. The third-order valence-electron chi connectivity index (χ3n) is 4.69. The van der Waals surface area contributed by atoms with E-state index in [1.54, 1.807) is 0 Å². The van der Waals surface area contributed by atoms with Gasteiger partial charge in [0.15, 0.2) is 0 Å². The number of rotatable bonds is 2. The summed E-state index contributed by atoms with van der Waals surface area (Å²) in [6, 6.07) is 42.5. The molecule has 0 aliphatic rings. The van der Waals surface area contributed by atoms with E-state index in [1.165, 1.54) is 21.5 Å². The van der Waals surface area contributed by atoms with Crippen LogP contribution in [0.5, 0.6) is 0 Å². The summed E-state index contributed by atoms with van der Waals surface area (Å²) in [5.74, 6) is 0. The van der Waals surface area contributed by atoms with Crippen LogP contribution in [0.15, 0.2) is 84.9 Å². The minimum Gasteiger partial charge on any atom is -0.248 e. The maximum atomic E-state index is 3.41. The molecule has 0 fully saturated rings. The summed E-state index contributed by atoms with van der Waals surface area (Å²) in [5, 5.41) is 4.78. The monoisotopic (exact) mass is 504 g/mol. The van der Waals surface area contributed by atoms with Crippen molar-refractivity contribution < 1.29 is 65.4 Å². The van der Waals surface area contributed by atoms with Crippen LogP contribution in [0, 0.1) is 24.3 Å². The second kappa shape index (κ2) is 9.55. The van der Waals surface area contributed by atoms with Gasteiger partial charge in [-0.15, -0.1) is 33.7 Å². The van der Waals surface area contributed by atoms with Crippen molar-refractivity contribution in [3.8, 4) is 22.3 Å². The Hall–Kier alpha value is -1.17. The van der Waals surface area contributed by atoms with Gasteiger partial charge in [-0.25, -0.2) is 46.5 Å². The Morgan fingerprint density at radius 1 is 0.464 bits per heavy atom. The Morgan fingerprint density at radius 2 is 0.857 bits per heavy atom. The Labute approximate surface area is 216 Å². The molecule has 0 amide bonds. The number of hydrogen-bond acceptors (Lipinski definition) is 0. The smallest absolute Gasteiger partial charge is 0 e. The van der Waals surface area contributed by atoms with Gasteiger partial charge < -0.3 is 0 Å². The van der Waals surface area contributed by atoms with Crippen LogP contribution in [-0.2, 0) is 65.4 Å². The van der Waals surface area contributed by atoms with Crippen molar-refractivity contribution in [1.82, 2.24) is 0 Å². The maximum Gasteiger partial charge on any atom is 0 e. The summed E-state index contributed by atoms with van der Waals surface area (Å²) in [4.78, 5) is 0. The van der Waals surface area contributed by atoms with Gasteiger partial charge in [0.2, 0.25) is 0 Å². The van der Waals surface area contributed by atoms with Crippen molar-refractivity contribution >= 4 is 21.5 Å². The van der Waals surface area contributed by atoms with E-state index in [9.17, 15) is 0 Å². The van der Waals surface area contributed by atoms with Gasteiger partial charge in [0.1, 0.15) is 0 Å². The topological polar surface area (TPSA) is 0 Å². The van der Waals surface area contributed by atoms with E-state index in [1.807, 2.05) is 36.4 Å². The van der Waals surface area contributed by atoms with Gasteiger partial charge in [-0.05, 0) is 0 Å². The predicted octanol–water partition coefficient (Wildman–Crippen LogP) is 6.52. The molecular formula is C26H14Y2-4. The molecule has 28 heavy (non-hydrogen) atoms. The molecule has 0 spiro atoms. The maximum absolute atomic E-state index is 3.41. The predicted molar refractivity (Wildman–Crippen MR) is 108 cm³/mol. The Morgan fingerprint density at radius 3 is 1.29 bits per heavy atom. The fourth-order valence-corrected chi connectivity index (χ4v) is 3.36. The molecule has 5 aromatic carbocycles. The molecule has 0 aliphatic heterocycles. The molecule has 0 aliphatic carbocycles. The molecule has 0 atom stereocenters. The molecule has 2 heteroatoms. The minimum absolute atomic E-state index is 0. The first-order chi connectivity index (χ1) is 12.9. The first-order valence-corrected chi connectivity index (χ1v) is 8.62. The molecule has 0 unspecified atom stereocenters. The molecular weight excluding hydrogens is 490 g/mol. The van der Waals surface area contributed by atoms with Crippen LogP contribution >= 0.6 is 0 Å². The molecule has 0 bridgehead atoms. The van der Waals surface area contributed by atoms with E-state index < -0.39 is 0 Å². The van der Waals surface area contributed by atoms with Crippen LogP contribution < -0.4 is 0 Å². The molecule has 5 aromatic rings. The normalized spacial score (nSPS) is 10.3. The first-order valence-electron chi connectivity index (χ1n) is 8.62. The zero-order valence-corrected chi connectivity index (χ0v) is 20.9. The molecule has 0 N–H and O–H groups in total. The van der Waals surface area contributed by atoms with Crippen molar-refractivity contribution in [3.63, 3.8) is 0 Å². The van der Waals surface area contributed by atoms with E-state index in [0.29, 0.717) is 0 Å². The third kappa shape index (κ3) is 4.22. The molecule has 0 nitrogen and oxygen atoms in total. The van der Waals surface area contributed by atoms with Crippen LogP contribution in [-0.4, -0.2) is 0 Å². The van der Waals surface area contributed by atoms with Gasteiger partial charge >= 0.3 is 0 Å². The van der Waals surface area contributed by atoms with Crippen molar-refractivity contribution in [2.24, 2.45) is 0 Å². The Kier molecular flexibility index (Phi) is 7.35. The molecule has 0 saturated heterocycles. The van der Waals surface area contributed by atoms with E-state index in [4.69, 9.17) is 0 Å². The average Bonchev–Trinajstić information content (AvgIpc) is 2.73. The van der Waals surface area contributed by atoms with E-state index in [2.05, 4.69) is 72.8 Å². The standard InChI is InChI=1S/C26H14.2Y/c1-3-9-21-17-23(15-13-19(21)7-1)25-11-5-6-12-26(25)24-16-14-20-8-2-4-10-22(20)18-24;;/h1-10,13-14,17-18H;;/q-4;;. The quantitative estimate of drug-likeness (QED) is 0.240. The van der Waals surface area contributed by atoms with Crippen LogP contribution in [0.3, 0.4) is 0 Å². The van der Waals surface area contributed by atoms with Crippen molar-refractivity contribution in [2.45, 2.75) is 0 Å². The van der Waals surface area contributed by atoms with Crippen LogP contribution in [0.4, 0.5) is 0 Å². The number of benzene rings is 5. The zero-order chi connectivity index (χ0) is 17.3. The summed E-state index contributed by atoms with van der Waals surface area (Å²) < 4.78 is 0. The second-order valence-corrected chi connectivity index (χ2v) is 6.32. The van der Waals surface area contributed by atoms with Crippen LogP contribution in [0.2, 0.25) is 0 Å². The number of fused-ring (bicyclic) bond motifs is 2. The fourth-order valence-electron chi connectivity index (χ4n) is 3.36. The first kappa shape index (κ1) is 21.5. The van der Waals surface area contributed by atoms with Gasteiger partial charge in [-0.2, -0.15) is 24.3 Å². The van der Waals surface area contributed by atoms with Crippen molar-refractivity contribution in [3.05, 3.63) is 109 Å². The summed E-state index contributed by atoms with van der Waals surface area (Å²) >= 11 is 0. The zero-order valence-electron chi connectivity index (χ0n) is 15.2. The average molecular weight is 504 g/mol. The molecule has 0 saturated carbocycles. The minimum atomic E-state index is 0. The van der Waals surface area contributed by atoms with Gasteiger partial charge in [0, 0.05) is 65.4 Å². The SMILES string of the molecule is [Y].[Y].[c-]1cc2ccccc2cc1-c1[c-]cc[c-]c1-c1[c-]cc2ccccc2c1. The summed E-state index contributed by atoms with van der Waals surface area (Å²) in [6.07, 6.45) is 0. The van der Waals surface area contributed by atoms with Crippen molar-refractivity contribution in [2.75, 3.05) is 0 Å². The largest absolute Gasteiger partial charge is 0.248 e. The Balaban J connectivity index is 0.00000112. The van der Waals surface area contributed by atoms with E-state index in [-0.39, 0.29) is 65.4 Å². The van der Waals surface area contributed by atoms with Gasteiger partial charge in [0.25, 0.3) is 0 Å². The summed E-state index contributed by atoms with van der Waals surface area (Å²) in [6.45, 7) is 0. The van der Waals surface area contributed by atoms with E-state index >= 15 is 0 Å². The third-order valence-corrected chi connectivity index (χ3v) is 4.69. The second-order valence-electron chi connectivity index (χ2n) is 6.32. The summed E-state index contributed by atoms with van der Waals surface area (Å²) in [5.41, 5.74) is 4.06. The van der Waals surface area contributed by atoms with Crippen LogP contribution in [0.1, 0.15) is 0 Å². The molecule has 128 valence electrons. The van der Waals surface area contributed by atoms with Crippen molar-refractivity contribution in [1.29, 1.82) is 0 Å². The van der Waals surface area contributed by atoms with Crippen LogP contribution in [0.25, 0.3) is 43.8 Å². The number of hydrogen-bond donors (Lipinski definition) is 0. The molecule has 5 rings (SSSR count). The van der Waals surface area contributed by atoms with E-state index in [0.717, 1.165) is 22.3 Å². The Bertz CT molecular complexity index is 1140. The van der Waals surface area contributed by atoms with Gasteiger partial charge in [0.05, 0.1) is 0 Å². The molecule has 0 aromatic heterocycles. The van der Waals surface area contributed by atoms with Gasteiger partial charge in [-0.3, -0.25) is 0 Å².